The third-order valence-corrected chi connectivity index (χ3v) is 2.66. The van der Waals surface area contributed by atoms with Crippen LogP contribution < -0.4 is 10.5 Å². The van der Waals surface area contributed by atoms with Crippen LogP contribution in [0.4, 0.5) is 5.82 Å². The van der Waals surface area contributed by atoms with Crippen molar-refractivity contribution in [1.29, 1.82) is 0 Å². The summed E-state index contributed by atoms with van der Waals surface area (Å²) in [6.07, 6.45) is 5.06. The number of nitrogens with two attached hydrogens (primary N) is 1. The van der Waals surface area contributed by atoms with Gasteiger partial charge in [0.05, 0.1) is 12.6 Å². The Morgan fingerprint density at radius 2 is 2.17 bits per heavy atom. The van der Waals surface area contributed by atoms with Crippen molar-refractivity contribution in [2.75, 3.05) is 12.8 Å². The molecule has 0 saturated heterocycles. The van der Waals surface area contributed by atoms with Gasteiger partial charge in [-0.05, 0) is 18.2 Å². The summed E-state index contributed by atoms with van der Waals surface area (Å²) in [5.41, 5.74) is 6.72. The van der Waals surface area contributed by atoms with E-state index in [2.05, 4.69) is 15.0 Å². The fourth-order valence-corrected chi connectivity index (χ4v) is 1.74. The summed E-state index contributed by atoms with van der Waals surface area (Å²) < 4.78 is 6.86. The average molecular weight is 241 g/mol. The lowest BCUT2D eigenvalue weighted by molar-refractivity contribution is 0.415. The van der Waals surface area contributed by atoms with Gasteiger partial charge in [0.25, 0.3) is 0 Å². The molecule has 3 rings (SSSR count). The van der Waals surface area contributed by atoms with E-state index in [0.29, 0.717) is 11.8 Å². The summed E-state index contributed by atoms with van der Waals surface area (Å²) in [5, 5.41) is 0.776. The number of anilines is 1. The van der Waals surface area contributed by atoms with Gasteiger partial charge in [-0.15, -0.1) is 0 Å². The largest absolute Gasteiger partial charge is 0.497 e. The van der Waals surface area contributed by atoms with E-state index in [9.17, 15) is 0 Å². The molecule has 0 amide bonds. The minimum absolute atomic E-state index is 0.419. The topological polar surface area (TPSA) is 78.8 Å². The summed E-state index contributed by atoms with van der Waals surface area (Å²) in [4.78, 5) is 12.6. The zero-order chi connectivity index (χ0) is 12.5. The SMILES string of the molecule is COc1ccc2nc(-n3ccnc3)nc(N)c2c1. The summed E-state index contributed by atoms with van der Waals surface area (Å²) in [7, 11) is 1.61. The van der Waals surface area contributed by atoms with Crippen LogP contribution in [0.25, 0.3) is 16.9 Å². The van der Waals surface area contributed by atoms with E-state index >= 15 is 0 Å². The van der Waals surface area contributed by atoms with Gasteiger partial charge in [0.1, 0.15) is 17.9 Å². The predicted molar refractivity (Wildman–Crippen MR) is 67.6 cm³/mol. The number of methoxy groups -OCH3 is 1. The highest BCUT2D eigenvalue weighted by atomic mass is 16.5. The molecule has 18 heavy (non-hydrogen) atoms. The second-order valence-electron chi connectivity index (χ2n) is 3.76. The molecule has 0 spiro atoms. The van der Waals surface area contributed by atoms with Gasteiger partial charge in [0.15, 0.2) is 0 Å². The lowest BCUT2D eigenvalue weighted by atomic mass is 10.2. The van der Waals surface area contributed by atoms with E-state index in [0.717, 1.165) is 16.7 Å². The lowest BCUT2D eigenvalue weighted by Crippen LogP contribution is -2.03. The molecular formula is C12H11N5O. The molecule has 0 radical (unpaired) electrons. The Kier molecular flexibility index (Phi) is 2.33. The molecule has 6 nitrogen and oxygen atoms in total. The van der Waals surface area contributed by atoms with Crippen LogP contribution in [-0.4, -0.2) is 26.6 Å². The van der Waals surface area contributed by atoms with E-state index in [1.807, 2.05) is 18.2 Å². The zero-order valence-electron chi connectivity index (χ0n) is 9.74. The second-order valence-corrected chi connectivity index (χ2v) is 3.76. The van der Waals surface area contributed by atoms with Crippen LogP contribution in [0.15, 0.2) is 36.9 Å². The van der Waals surface area contributed by atoms with E-state index in [1.54, 1.807) is 30.4 Å². The van der Waals surface area contributed by atoms with E-state index in [4.69, 9.17) is 10.5 Å². The first-order valence-electron chi connectivity index (χ1n) is 5.37. The van der Waals surface area contributed by atoms with Gasteiger partial charge in [-0.25, -0.2) is 9.97 Å². The van der Waals surface area contributed by atoms with Crippen LogP contribution in [-0.2, 0) is 0 Å². The van der Waals surface area contributed by atoms with Gasteiger partial charge in [-0.2, -0.15) is 4.98 Å². The number of imidazole rings is 1. The molecule has 0 unspecified atom stereocenters. The first-order chi connectivity index (χ1) is 8.78. The standard InChI is InChI=1S/C12H11N5O/c1-18-8-2-3-10-9(6-8)11(13)16-12(15-10)17-5-4-14-7-17/h2-7H,1H3,(H2,13,15,16). The third kappa shape index (κ3) is 1.64. The Morgan fingerprint density at radius 1 is 1.28 bits per heavy atom. The number of hydrogen-bond acceptors (Lipinski definition) is 5. The van der Waals surface area contributed by atoms with Gasteiger partial charge in [0.2, 0.25) is 5.95 Å². The van der Waals surface area contributed by atoms with Crippen molar-refractivity contribution >= 4 is 16.7 Å². The van der Waals surface area contributed by atoms with Crippen LogP contribution in [0.3, 0.4) is 0 Å². The van der Waals surface area contributed by atoms with E-state index in [-0.39, 0.29) is 0 Å². The molecule has 2 heterocycles. The molecule has 0 fully saturated rings. The number of hydrogen-bond donors (Lipinski definition) is 1. The summed E-state index contributed by atoms with van der Waals surface area (Å²) in [5.74, 6) is 1.65. The van der Waals surface area contributed by atoms with Crippen LogP contribution in [0.1, 0.15) is 0 Å². The molecule has 0 aliphatic carbocycles. The molecule has 0 saturated carbocycles. The minimum Gasteiger partial charge on any atom is -0.497 e. The average Bonchev–Trinajstić information content (AvgIpc) is 2.92. The number of fused-ring (bicyclic) bond motifs is 1. The summed E-state index contributed by atoms with van der Waals surface area (Å²) in [6.45, 7) is 0. The molecule has 0 aliphatic rings. The van der Waals surface area contributed by atoms with Crippen molar-refractivity contribution in [1.82, 2.24) is 19.5 Å². The minimum atomic E-state index is 0.419. The highest BCUT2D eigenvalue weighted by molar-refractivity contribution is 5.89. The molecule has 3 aromatic rings. The Hall–Kier alpha value is -2.63. The number of nitrogen functional groups attached to an aromatic ring is 1. The Balaban J connectivity index is 2.22. The Bertz CT molecular complexity index is 693. The third-order valence-electron chi connectivity index (χ3n) is 2.66. The molecule has 6 heteroatoms. The molecule has 0 bridgehead atoms. The number of nitrogens with zero attached hydrogens (tertiary/aromatic N) is 4. The van der Waals surface area contributed by atoms with Crippen LogP contribution in [0.5, 0.6) is 5.75 Å². The maximum atomic E-state index is 5.95. The quantitative estimate of drug-likeness (QED) is 0.733. The Morgan fingerprint density at radius 3 is 2.89 bits per heavy atom. The molecule has 90 valence electrons. The molecule has 0 aliphatic heterocycles. The summed E-state index contributed by atoms with van der Waals surface area (Å²) in [6, 6.07) is 5.52. The van der Waals surface area contributed by atoms with Gasteiger partial charge in [-0.3, -0.25) is 4.57 Å². The van der Waals surface area contributed by atoms with Crippen LogP contribution in [0.2, 0.25) is 0 Å². The van der Waals surface area contributed by atoms with Crippen LogP contribution in [0, 0.1) is 0 Å². The van der Waals surface area contributed by atoms with Crippen molar-refractivity contribution in [3.63, 3.8) is 0 Å². The second kappa shape index (κ2) is 3.99. The molecule has 2 aromatic heterocycles. The first-order valence-corrected chi connectivity index (χ1v) is 5.37. The van der Waals surface area contributed by atoms with Crippen molar-refractivity contribution < 1.29 is 4.74 Å². The lowest BCUT2D eigenvalue weighted by Gasteiger charge is -2.07. The normalized spacial score (nSPS) is 10.7. The molecule has 1 aromatic carbocycles. The fourth-order valence-electron chi connectivity index (χ4n) is 1.74. The van der Waals surface area contributed by atoms with Gasteiger partial charge < -0.3 is 10.5 Å². The number of benzene rings is 1. The van der Waals surface area contributed by atoms with Crippen molar-refractivity contribution in [2.24, 2.45) is 0 Å². The van der Waals surface area contributed by atoms with Crippen molar-refractivity contribution in [3.8, 4) is 11.7 Å². The van der Waals surface area contributed by atoms with Crippen molar-refractivity contribution in [2.45, 2.75) is 0 Å². The zero-order valence-corrected chi connectivity index (χ0v) is 9.74. The van der Waals surface area contributed by atoms with Gasteiger partial charge >= 0.3 is 0 Å². The van der Waals surface area contributed by atoms with Crippen molar-refractivity contribution in [3.05, 3.63) is 36.9 Å². The monoisotopic (exact) mass is 241 g/mol. The fraction of sp³-hybridized carbons (Fsp3) is 0.0833. The summed E-state index contributed by atoms with van der Waals surface area (Å²) >= 11 is 0. The van der Waals surface area contributed by atoms with E-state index in [1.165, 1.54) is 0 Å². The molecule has 2 N–H and O–H groups in total. The van der Waals surface area contributed by atoms with E-state index < -0.39 is 0 Å². The van der Waals surface area contributed by atoms with Crippen LogP contribution >= 0.6 is 0 Å². The molecular weight excluding hydrogens is 230 g/mol. The maximum Gasteiger partial charge on any atom is 0.237 e. The number of rotatable bonds is 2. The highest BCUT2D eigenvalue weighted by Crippen LogP contribution is 2.23. The maximum absolute atomic E-state index is 5.95. The highest BCUT2D eigenvalue weighted by Gasteiger charge is 2.07. The predicted octanol–water partition coefficient (Wildman–Crippen LogP) is 1.41. The van der Waals surface area contributed by atoms with Gasteiger partial charge in [0, 0.05) is 17.8 Å². The Labute approximate surface area is 103 Å². The smallest absolute Gasteiger partial charge is 0.237 e. The molecule has 0 atom stereocenters. The van der Waals surface area contributed by atoms with Gasteiger partial charge in [-0.1, -0.05) is 0 Å². The first kappa shape index (κ1) is 10.5. The number of ether oxygens (including phenoxy) is 1. The number of aromatic nitrogens is 4.